The third-order valence-corrected chi connectivity index (χ3v) is 6.56. The van der Waals surface area contributed by atoms with Crippen LogP contribution in [0.25, 0.3) is 0 Å². The first-order valence-corrected chi connectivity index (χ1v) is 10.9. The molecule has 1 saturated carbocycles. The smallest absolute Gasteiger partial charge is 0.254 e. The second-order valence-electron chi connectivity index (χ2n) is 8.80. The number of benzene rings is 1. The number of likely N-dealkylation sites (tertiary alicyclic amines) is 1. The second-order valence-corrected chi connectivity index (χ2v) is 9.20. The van der Waals surface area contributed by atoms with Crippen LogP contribution in [0.15, 0.2) is 12.1 Å². The molecule has 32 heavy (non-hydrogen) atoms. The number of carbonyl (C=O) groups excluding carboxylic acids is 3. The van der Waals surface area contributed by atoms with Crippen LogP contribution in [0, 0.1) is 17.3 Å². The molecule has 0 aromatic heterocycles. The molecule has 1 aromatic carbocycles. The maximum Gasteiger partial charge on any atom is 0.254 e. The summed E-state index contributed by atoms with van der Waals surface area (Å²) in [5.41, 5.74) is 0.433. The third kappa shape index (κ3) is 5.12. The molecule has 172 valence electrons. The van der Waals surface area contributed by atoms with E-state index in [1.54, 1.807) is 19.1 Å². The molecule has 1 heterocycles. The standard InChI is InChI=1S/C24H26ClF2NO4/c1-4-5-15-10-16(25)21(19(11-15)32-3)22-17(29)12-24(13-18(22)30)6-8-28(9-7-24)20(31)14-23(2,26)27/h10-11,22H,6-9,12-14H2,1-3H3. The average Bonchev–Trinajstić information content (AvgIpc) is 2.68. The summed E-state index contributed by atoms with van der Waals surface area (Å²) in [6.45, 7) is 2.92. The van der Waals surface area contributed by atoms with E-state index in [9.17, 15) is 23.2 Å². The Kier molecular flexibility index (Phi) is 6.94. The van der Waals surface area contributed by atoms with Crippen LogP contribution in [0.1, 0.15) is 63.0 Å². The lowest BCUT2D eigenvalue weighted by Crippen LogP contribution is -2.49. The number of hydrogen-bond donors (Lipinski definition) is 0. The Morgan fingerprint density at radius 2 is 1.84 bits per heavy atom. The van der Waals surface area contributed by atoms with Crippen LogP contribution in [0.5, 0.6) is 5.75 Å². The van der Waals surface area contributed by atoms with Crippen molar-refractivity contribution >= 4 is 29.1 Å². The molecule has 2 fully saturated rings. The molecule has 0 unspecified atom stereocenters. The van der Waals surface area contributed by atoms with Gasteiger partial charge in [-0.05, 0) is 44.2 Å². The lowest BCUT2D eigenvalue weighted by atomic mass is 9.63. The molecule has 0 atom stereocenters. The van der Waals surface area contributed by atoms with E-state index >= 15 is 0 Å². The number of Topliss-reactive ketones (excluding diaryl/α,β-unsaturated/α-hetero) is 2. The molecule has 0 N–H and O–H groups in total. The van der Waals surface area contributed by atoms with Gasteiger partial charge in [0, 0.05) is 42.1 Å². The fraction of sp³-hybridized carbons (Fsp3) is 0.542. The number of piperidine rings is 1. The number of nitrogens with zero attached hydrogens (tertiary/aromatic N) is 1. The number of alkyl halides is 2. The van der Waals surface area contributed by atoms with Gasteiger partial charge in [0.05, 0.1) is 13.5 Å². The van der Waals surface area contributed by atoms with Crippen molar-refractivity contribution in [1.82, 2.24) is 4.90 Å². The van der Waals surface area contributed by atoms with E-state index in [-0.39, 0.29) is 42.5 Å². The quantitative estimate of drug-likeness (QED) is 0.488. The minimum absolute atomic E-state index is 0.172. The summed E-state index contributed by atoms with van der Waals surface area (Å²) in [6.07, 6.45) is 0.357. The lowest BCUT2D eigenvalue weighted by Gasteiger charge is -2.44. The molecule has 0 bridgehead atoms. The van der Waals surface area contributed by atoms with E-state index in [0.717, 1.165) is 6.92 Å². The van der Waals surface area contributed by atoms with Crippen LogP contribution in [0.4, 0.5) is 8.78 Å². The van der Waals surface area contributed by atoms with E-state index in [4.69, 9.17) is 16.3 Å². The third-order valence-electron chi connectivity index (χ3n) is 6.25. The molecule has 2 aliphatic rings. The molecular weight excluding hydrogens is 440 g/mol. The molecule has 1 aromatic rings. The fourth-order valence-electron chi connectivity index (χ4n) is 4.73. The van der Waals surface area contributed by atoms with Gasteiger partial charge in [0.1, 0.15) is 23.2 Å². The SMILES string of the molecule is CC#Cc1cc(Cl)c(C2C(=O)CC3(CCN(C(=O)CC(C)(F)F)CC3)CC2=O)c(OC)c1. The Morgan fingerprint density at radius 1 is 1.25 bits per heavy atom. The predicted molar refractivity (Wildman–Crippen MR) is 116 cm³/mol. The van der Waals surface area contributed by atoms with Crippen molar-refractivity contribution in [2.24, 2.45) is 5.41 Å². The lowest BCUT2D eigenvalue weighted by molar-refractivity contribution is -0.142. The normalized spacial score (nSPS) is 19.0. The molecule has 8 heteroatoms. The van der Waals surface area contributed by atoms with Gasteiger partial charge in [-0.15, -0.1) is 5.92 Å². The van der Waals surface area contributed by atoms with Gasteiger partial charge in [-0.1, -0.05) is 17.5 Å². The van der Waals surface area contributed by atoms with Crippen LogP contribution in [0.2, 0.25) is 5.02 Å². The Hall–Kier alpha value is -2.46. The van der Waals surface area contributed by atoms with Gasteiger partial charge in [-0.25, -0.2) is 8.78 Å². The van der Waals surface area contributed by atoms with E-state index in [1.165, 1.54) is 12.0 Å². The molecule has 1 saturated heterocycles. The molecule has 5 nitrogen and oxygen atoms in total. The number of carbonyl (C=O) groups is 3. The van der Waals surface area contributed by atoms with Crippen LogP contribution >= 0.6 is 11.6 Å². The Morgan fingerprint density at radius 3 is 2.34 bits per heavy atom. The van der Waals surface area contributed by atoms with Crippen LogP contribution in [0.3, 0.4) is 0 Å². The topological polar surface area (TPSA) is 63.7 Å². The second kappa shape index (κ2) is 9.19. The van der Waals surface area contributed by atoms with Crippen molar-refractivity contribution in [3.05, 3.63) is 28.3 Å². The summed E-state index contributed by atoms with van der Waals surface area (Å²) in [5.74, 6) is 0.848. The zero-order valence-electron chi connectivity index (χ0n) is 18.4. The summed E-state index contributed by atoms with van der Waals surface area (Å²) in [4.78, 5) is 39.8. The monoisotopic (exact) mass is 465 g/mol. The zero-order chi connectivity index (χ0) is 23.7. The molecule has 3 rings (SSSR count). The van der Waals surface area contributed by atoms with Gasteiger partial charge in [0.15, 0.2) is 0 Å². The van der Waals surface area contributed by atoms with E-state index in [2.05, 4.69) is 11.8 Å². The van der Waals surface area contributed by atoms with Crippen molar-refractivity contribution in [3.63, 3.8) is 0 Å². The highest BCUT2D eigenvalue weighted by Gasteiger charge is 2.48. The zero-order valence-corrected chi connectivity index (χ0v) is 19.2. The number of amides is 1. The van der Waals surface area contributed by atoms with Gasteiger partial charge in [-0.2, -0.15) is 0 Å². The van der Waals surface area contributed by atoms with E-state index in [1.807, 2.05) is 0 Å². The minimum atomic E-state index is -3.06. The highest BCUT2D eigenvalue weighted by molar-refractivity contribution is 6.32. The fourth-order valence-corrected chi connectivity index (χ4v) is 5.05. The number of hydrogen-bond acceptors (Lipinski definition) is 4. The summed E-state index contributed by atoms with van der Waals surface area (Å²) >= 11 is 6.44. The number of methoxy groups -OCH3 is 1. The van der Waals surface area contributed by atoms with Crippen molar-refractivity contribution in [2.45, 2.75) is 57.8 Å². The average molecular weight is 466 g/mol. The van der Waals surface area contributed by atoms with Crippen molar-refractivity contribution in [2.75, 3.05) is 20.2 Å². The first kappa shape index (κ1) is 24.2. The molecular formula is C24H26ClF2NO4. The summed E-state index contributed by atoms with van der Waals surface area (Å²) in [5, 5.41) is 0.255. The van der Waals surface area contributed by atoms with Crippen molar-refractivity contribution in [1.29, 1.82) is 0 Å². The van der Waals surface area contributed by atoms with Crippen LogP contribution in [-0.4, -0.2) is 48.5 Å². The number of ketones is 2. The molecule has 1 amide bonds. The summed E-state index contributed by atoms with van der Waals surface area (Å²) < 4.78 is 31.8. The van der Waals surface area contributed by atoms with Gasteiger partial charge in [0.2, 0.25) is 5.91 Å². The van der Waals surface area contributed by atoms with Gasteiger partial charge >= 0.3 is 0 Å². The van der Waals surface area contributed by atoms with E-state index < -0.39 is 29.6 Å². The predicted octanol–water partition coefficient (Wildman–Crippen LogP) is 4.39. The van der Waals surface area contributed by atoms with Crippen molar-refractivity contribution < 1.29 is 27.9 Å². The molecule has 1 aliphatic carbocycles. The number of ether oxygens (including phenoxy) is 1. The van der Waals surface area contributed by atoms with Crippen LogP contribution in [-0.2, 0) is 14.4 Å². The summed E-state index contributed by atoms with van der Waals surface area (Å²) in [7, 11) is 1.45. The Labute approximate surface area is 191 Å². The largest absolute Gasteiger partial charge is 0.496 e. The molecule has 1 spiro atoms. The van der Waals surface area contributed by atoms with Gasteiger partial charge < -0.3 is 9.64 Å². The first-order chi connectivity index (χ1) is 15.0. The first-order valence-electron chi connectivity index (χ1n) is 10.5. The minimum Gasteiger partial charge on any atom is -0.496 e. The number of halogens is 3. The van der Waals surface area contributed by atoms with E-state index in [0.29, 0.717) is 29.7 Å². The Bertz CT molecular complexity index is 978. The molecule has 1 aliphatic heterocycles. The van der Waals surface area contributed by atoms with Gasteiger partial charge in [0.25, 0.3) is 5.92 Å². The van der Waals surface area contributed by atoms with Crippen molar-refractivity contribution in [3.8, 4) is 17.6 Å². The maximum absolute atomic E-state index is 13.2. The van der Waals surface area contributed by atoms with Gasteiger partial charge in [-0.3, -0.25) is 14.4 Å². The van der Waals surface area contributed by atoms with Crippen LogP contribution < -0.4 is 4.74 Å². The molecule has 0 radical (unpaired) electrons. The maximum atomic E-state index is 13.2. The Balaban J connectivity index is 1.77. The highest BCUT2D eigenvalue weighted by atomic mass is 35.5. The summed E-state index contributed by atoms with van der Waals surface area (Å²) in [6, 6.07) is 3.28. The number of rotatable bonds is 4. The highest BCUT2D eigenvalue weighted by Crippen LogP contribution is 2.48.